The van der Waals surface area contributed by atoms with Gasteiger partial charge in [-0.05, 0) is 75.7 Å². The van der Waals surface area contributed by atoms with Gasteiger partial charge in [-0.2, -0.15) is 10.1 Å². The van der Waals surface area contributed by atoms with Gasteiger partial charge in [-0.15, -0.1) is 5.10 Å². The minimum Gasteiger partial charge on any atom is -0.494 e. The molecule has 0 spiro atoms. The topological polar surface area (TPSA) is 75.2 Å². The molecule has 3 rings (SSSR count). The minimum atomic E-state index is 0.427. The van der Waals surface area contributed by atoms with E-state index in [1.54, 1.807) is 6.20 Å². The van der Waals surface area contributed by atoms with E-state index >= 15 is 0 Å². The predicted octanol–water partition coefficient (Wildman–Crippen LogP) is 4.91. The van der Waals surface area contributed by atoms with Crippen molar-refractivity contribution in [1.29, 1.82) is 0 Å². The molecular weight excluding hydrogens is 364 g/mol. The van der Waals surface area contributed by atoms with Crippen molar-refractivity contribution >= 4 is 28.8 Å². The van der Waals surface area contributed by atoms with Gasteiger partial charge in [-0.1, -0.05) is 0 Å². The fourth-order valence-electron chi connectivity index (χ4n) is 3.06. The van der Waals surface area contributed by atoms with Crippen LogP contribution in [0.2, 0.25) is 0 Å². The molecule has 0 saturated heterocycles. The lowest BCUT2D eigenvalue weighted by atomic mass is 10.1. The van der Waals surface area contributed by atoms with Crippen LogP contribution in [0.3, 0.4) is 0 Å². The number of ether oxygens (including phenoxy) is 1. The fraction of sp³-hybridized carbons (Fsp3) is 0.318. The summed E-state index contributed by atoms with van der Waals surface area (Å²) >= 11 is 0. The molecule has 0 aliphatic heterocycles. The van der Waals surface area contributed by atoms with Crippen molar-refractivity contribution in [2.24, 2.45) is 0 Å². The zero-order chi connectivity index (χ0) is 20.6. The van der Waals surface area contributed by atoms with Crippen molar-refractivity contribution < 1.29 is 4.74 Å². The summed E-state index contributed by atoms with van der Waals surface area (Å²) in [4.78, 5) is 6.84. The summed E-state index contributed by atoms with van der Waals surface area (Å²) in [5.41, 5.74) is 4.23. The lowest BCUT2D eigenvalue weighted by Crippen LogP contribution is -2.21. The third-order valence-corrected chi connectivity index (χ3v) is 4.58. The van der Waals surface area contributed by atoms with Crippen LogP contribution in [-0.2, 0) is 0 Å². The van der Waals surface area contributed by atoms with Crippen LogP contribution < -0.4 is 20.3 Å². The quantitative estimate of drug-likeness (QED) is 0.536. The maximum Gasteiger partial charge on any atom is 0.249 e. The second kappa shape index (κ2) is 9.73. The Morgan fingerprint density at radius 1 is 0.966 bits per heavy atom. The van der Waals surface area contributed by atoms with E-state index in [1.807, 2.05) is 31.2 Å². The van der Waals surface area contributed by atoms with Gasteiger partial charge in [0.15, 0.2) is 5.82 Å². The van der Waals surface area contributed by atoms with Gasteiger partial charge in [0.25, 0.3) is 0 Å². The first kappa shape index (κ1) is 20.4. The van der Waals surface area contributed by atoms with Crippen molar-refractivity contribution in [3.63, 3.8) is 0 Å². The fourth-order valence-corrected chi connectivity index (χ4v) is 3.06. The lowest BCUT2D eigenvalue weighted by molar-refractivity contribution is 0.340. The largest absolute Gasteiger partial charge is 0.494 e. The van der Waals surface area contributed by atoms with Crippen LogP contribution in [0.25, 0.3) is 0 Å². The number of hydrogen-bond acceptors (Lipinski definition) is 7. The number of anilines is 5. The maximum atomic E-state index is 5.46. The highest BCUT2D eigenvalue weighted by atomic mass is 16.5. The molecule has 1 heterocycles. The van der Waals surface area contributed by atoms with Gasteiger partial charge in [0.2, 0.25) is 5.95 Å². The molecule has 0 amide bonds. The molecule has 0 aliphatic carbocycles. The number of aromatic nitrogens is 3. The predicted molar refractivity (Wildman–Crippen MR) is 119 cm³/mol. The first-order chi connectivity index (χ1) is 14.1. The van der Waals surface area contributed by atoms with Gasteiger partial charge < -0.3 is 20.3 Å². The van der Waals surface area contributed by atoms with Crippen LogP contribution in [0.15, 0.2) is 48.7 Å². The Labute approximate surface area is 172 Å². The second-order valence-corrected chi connectivity index (χ2v) is 6.54. The number of nitrogens with one attached hydrogen (secondary N) is 2. The third kappa shape index (κ3) is 5.34. The van der Waals surface area contributed by atoms with Gasteiger partial charge in [0.1, 0.15) is 5.75 Å². The highest BCUT2D eigenvalue weighted by molar-refractivity contribution is 5.65. The van der Waals surface area contributed by atoms with Crippen LogP contribution >= 0.6 is 0 Å². The normalized spacial score (nSPS) is 10.5. The first-order valence-electron chi connectivity index (χ1n) is 9.95. The molecule has 0 unspecified atom stereocenters. The zero-order valence-corrected chi connectivity index (χ0v) is 17.4. The molecule has 7 nitrogen and oxygen atoms in total. The lowest BCUT2D eigenvalue weighted by Gasteiger charge is -2.22. The Morgan fingerprint density at radius 3 is 2.38 bits per heavy atom. The number of hydrogen-bond donors (Lipinski definition) is 2. The molecule has 7 heteroatoms. The molecule has 0 saturated carbocycles. The Kier molecular flexibility index (Phi) is 6.84. The zero-order valence-electron chi connectivity index (χ0n) is 17.4. The van der Waals surface area contributed by atoms with E-state index in [1.165, 1.54) is 5.69 Å². The molecule has 0 fully saturated rings. The molecular formula is C22H28N6O. The van der Waals surface area contributed by atoms with E-state index in [9.17, 15) is 0 Å². The molecule has 1 aromatic heterocycles. The van der Waals surface area contributed by atoms with E-state index in [0.717, 1.165) is 35.8 Å². The second-order valence-electron chi connectivity index (χ2n) is 6.54. The van der Waals surface area contributed by atoms with Crippen molar-refractivity contribution in [2.75, 3.05) is 35.2 Å². The van der Waals surface area contributed by atoms with E-state index in [0.29, 0.717) is 18.4 Å². The number of rotatable bonds is 9. The van der Waals surface area contributed by atoms with Gasteiger partial charge in [0, 0.05) is 30.2 Å². The Bertz CT molecular complexity index is 925. The van der Waals surface area contributed by atoms with E-state index in [2.05, 4.69) is 69.7 Å². The maximum absolute atomic E-state index is 5.46. The smallest absolute Gasteiger partial charge is 0.249 e. The number of aryl methyl sites for hydroxylation is 1. The Morgan fingerprint density at radius 2 is 1.72 bits per heavy atom. The van der Waals surface area contributed by atoms with Gasteiger partial charge >= 0.3 is 0 Å². The summed E-state index contributed by atoms with van der Waals surface area (Å²) in [5.74, 6) is 1.89. The van der Waals surface area contributed by atoms with Crippen LogP contribution in [-0.4, -0.2) is 34.9 Å². The molecule has 3 aromatic rings. The molecule has 0 radical (unpaired) electrons. The average molecular weight is 393 g/mol. The van der Waals surface area contributed by atoms with Crippen molar-refractivity contribution in [3.8, 4) is 5.75 Å². The molecule has 2 N–H and O–H groups in total. The third-order valence-electron chi connectivity index (χ3n) is 4.58. The minimum absolute atomic E-state index is 0.427. The summed E-state index contributed by atoms with van der Waals surface area (Å²) in [6.45, 7) is 11.0. The summed E-state index contributed by atoms with van der Waals surface area (Å²) in [7, 11) is 0. The van der Waals surface area contributed by atoms with Gasteiger partial charge in [-0.3, -0.25) is 0 Å². The molecule has 29 heavy (non-hydrogen) atoms. The van der Waals surface area contributed by atoms with E-state index < -0.39 is 0 Å². The highest BCUT2D eigenvalue weighted by Gasteiger charge is 2.07. The molecule has 0 aliphatic rings. The van der Waals surface area contributed by atoms with Crippen LogP contribution in [0, 0.1) is 6.92 Å². The summed E-state index contributed by atoms with van der Waals surface area (Å²) < 4.78 is 5.46. The molecule has 0 atom stereocenters. The Hall–Kier alpha value is -3.35. The van der Waals surface area contributed by atoms with Gasteiger partial charge in [0.05, 0.1) is 12.8 Å². The van der Waals surface area contributed by atoms with E-state index in [-0.39, 0.29) is 0 Å². The first-order valence-corrected chi connectivity index (χ1v) is 9.95. The molecule has 152 valence electrons. The summed E-state index contributed by atoms with van der Waals surface area (Å²) in [5, 5.41) is 14.6. The SMILES string of the molecule is CCOc1ccc(Nc2nncc(Nc3ccc(N(CC)CC)cc3C)n2)cc1. The summed E-state index contributed by atoms with van der Waals surface area (Å²) in [6, 6.07) is 14.0. The summed E-state index contributed by atoms with van der Waals surface area (Å²) in [6.07, 6.45) is 1.61. The highest BCUT2D eigenvalue weighted by Crippen LogP contribution is 2.25. The molecule has 0 bridgehead atoms. The van der Waals surface area contributed by atoms with Crippen molar-refractivity contribution in [1.82, 2.24) is 15.2 Å². The van der Waals surface area contributed by atoms with Crippen LogP contribution in [0.5, 0.6) is 5.75 Å². The standard InChI is InChI=1S/C22H28N6O/c1-5-28(6-2)18-10-13-20(16(4)14-18)25-21-15-23-27-22(26-21)24-17-8-11-19(12-9-17)29-7-3/h8-15H,5-7H2,1-4H3,(H2,24,25,26,27). The number of benzene rings is 2. The van der Waals surface area contributed by atoms with Crippen LogP contribution in [0.4, 0.5) is 28.8 Å². The monoisotopic (exact) mass is 392 g/mol. The van der Waals surface area contributed by atoms with Crippen molar-refractivity contribution in [3.05, 3.63) is 54.2 Å². The van der Waals surface area contributed by atoms with Gasteiger partial charge in [-0.25, -0.2) is 0 Å². The Balaban J connectivity index is 1.71. The van der Waals surface area contributed by atoms with Crippen LogP contribution in [0.1, 0.15) is 26.3 Å². The average Bonchev–Trinajstić information content (AvgIpc) is 2.73. The molecule has 2 aromatic carbocycles. The van der Waals surface area contributed by atoms with Crippen molar-refractivity contribution in [2.45, 2.75) is 27.7 Å². The number of nitrogens with zero attached hydrogens (tertiary/aromatic N) is 4. The van der Waals surface area contributed by atoms with E-state index in [4.69, 9.17) is 4.74 Å².